The third kappa shape index (κ3) is 5.62. The van der Waals surface area contributed by atoms with Crippen molar-refractivity contribution in [2.45, 2.75) is 12.5 Å². The van der Waals surface area contributed by atoms with Crippen molar-refractivity contribution in [2.75, 3.05) is 4.90 Å². The average Bonchev–Trinajstić information content (AvgIpc) is 3.74. The molecule has 1 nitrogen and oxygen atoms in total. The van der Waals surface area contributed by atoms with E-state index in [1.54, 1.807) is 0 Å². The van der Waals surface area contributed by atoms with Crippen LogP contribution >= 0.6 is 0 Å². The van der Waals surface area contributed by atoms with Crippen molar-refractivity contribution in [3.8, 4) is 33.4 Å². The number of hydrogen-bond acceptors (Lipinski definition) is 1. The molecule has 57 heavy (non-hydrogen) atoms. The molecule has 11 rings (SSSR count). The molecule has 0 radical (unpaired) electrons. The lowest BCUT2D eigenvalue weighted by Crippen LogP contribution is -2.22. The van der Waals surface area contributed by atoms with Crippen LogP contribution in [0.3, 0.4) is 0 Å². The van der Waals surface area contributed by atoms with E-state index in [2.05, 4.69) is 223 Å². The number of nitrogens with zero attached hydrogens (tertiary/aromatic N) is 1. The van der Waals surface area contributed by atoms with E-state index in [-0.39, 0.29) is 6.04 Å². The molecular weight excluding hydrogens is 687 g/mol. The summed E-state index contributed by atoms with van der Waals surface area (Å²) in [7, 11) is 0. The maximum absolute atomic E-state index is 2.57. The van der Waals surface area contributed by atoms with Gasteiger partial charge in [-0.15, -0.1) is 0 Å². The van der Waals surface area contributed by atoms with Gasteiger partial charge in [-0.25, -0.2) is 0 Å². The molecule has 0 spiro atoms. The van der Waals surface area contributed by atoms with E-state index < -0.39 is 0 Å². The van der Waals surface area contributed by atoms with Crippen molar-refractivity contribution in [3.63, 3.8) is 0 Å². The molecule has 0 aliphatic carbocycles. The molecule has 0 fully saturated rings. The molecule has 1 aliphatic rings. The summed E-state index contributed by atoms with van der Waals surface area (Å²) in [5.74, 6) is 0. The van der Waals surface area contributed by atoms with Crippen LogP contribution in [0.1, 0.15) is 23.6 Å². The molecule has 1 aliphatic heterocycles. The van der Waals surface area contributed by atoms with Gasteiger partial charge in [-0.2, -0.15) is 0 Å². The van der Waals surface area contributed by atoms with Gasteiger partial charge in [0, 0.05) is 11.4 Å². The van der Waals surface area contributed by atoms with E-state index in [0.29, 0.717) is 0 Å². The van der Waals surface area contributed by atoms with Crippen LogP contribution in [-0.2, 0) is 0 Å². The van der Waals surface area contributed by atoms with Crippen LogP contribution in [-0.4, -0.2) is 0 Å². The molecule has 10 aromatic carbocycles. The first-order valence-electron chi connectivity index (χ1n) is 20.0. The summed E-state index contributed by atoms with van der Waals surface area (Å²) >= 11 is 0. The minimum Gasteiger partial charge on any atom is -0.333 e. The van der Waals surface area contributed by atoms with Crippen molar-refractivity contribution in [1.82, 2.24) is 0 Å². The van der Waals surface area contributed by atoms with Crippen LogP contribution in [0.15, 0.2) is 218 Å². The smallest absolute Gasteiger partial charge is 0.0626 e. The summed E-state index contributed by atoms with van der Waals surface area (Å²) in [6.45, 7) is 0. The first kappa shape index (κ1) is 33.1. The van der Waals surface area contributed by atoms with Crippen molar-refractivity contribution in [2.24, 2.45) is 0 Å². The second-order valence-corrected chi connectivity index (χ2v) is 15.1. The first-order valence-corrected chi connectivity index (χ1v) is 20.0. The molecule has 1 unspecified atom stereocenters. The van der Waals surface area contributed by atoms with Crippen molar-refractivity contribution >= 4 is 54.5 Å². The SMILES string of the molecule is C1=C(c2ccccc2)N(c2ccc3c(-c4cccc5ccccc45)c4ccccc4c(-c4ccc(-c5cccc6ccccc56)cc4)c3c2)C(c2ccccc2)C1. The highest BCUT2D eigenvalue weighted by Gasteiger charge is 2.30. The minimum absolute atomic E-state index is 0.181. The zero-order chi connectivity index (χ0) is 37.7. The Kier molecular flexibility index (Phi) is 8.03. The first-order chi connectivity index (χ1) is 28.3. The summed E-state index contributed by atoms with van der Waals surface area (Å²) in [6.07, 6.45) is 3.36. The number of rotatable bonds is 6. The molecule has 268 valence electrons. The van der Waals surface area contributed by atoms with E-state index >= 15 is 0 Å². The van der Waals surface area contributed by atoms with E-state index in [0.717, 1.165) is 6.42 Å². The van der Waals surface area contributed by atoms with E-state index in [1.807, 2.05) is 0 Å². The molecule has 0 aromatic heterocycles. The highest BCUT2D eigenvalue weighted by Crippen LogP contribution is 2.49. The van der Waals surface area contributed by atoms with Crippen LogP contribution in [0.5, 0.6) is 0 Å². The summed E-state index contributed by atoms with van der Waals surface area (Å²) in [6, 6.07) is 78.4. The number of benzene rings is 10. The minimum atomic E-state index is 0.181. The predicted molar refractivity (Wildman–Crippen MR) is 243 cm³/mol. The number of hydrogen-bond donors (Lipinski definition) is 0. The van der Waals surface area contributed by atoms with Crippen LogP contribution in [0.2, 0.25) is 0 Å². The molecule has 1 heteroatoms. The van der Waals surface area contributed by atoms with Crippen molar-refractivity contribution < 1.29 is 0 Å². The second-order valence-electron chi connectivity index (χ2n) is 15.1. The van der Waals surface area contributed by atoms with Gasteiger partial charge in [-0.05, 0) is 106 Å². The highest BCUT2D eigenvalue weighted by molar-refractivity contribution is 6.24. The summed E-state index contributed by atoms with van der Waals surface area (Å²) < 4.78 is 0. The van der Waals surface area contributed by atoms with Crippen molar-refractivity contribution in [3.05, 3.63) is 230 Å². The van der Waals surface area contributed by atoms with Gasteiger partial charge in [0.25, 0.3) is 0 Å². The van der Waals surface area contributed by atoms with Crippen molar-refractivity contribution in [1.29, 1.82) is 0 Å². The molecule has 0 bridgehead atoms. The molecule has 0 saturated carbocycles. The molecule has 0 N–H and O–H groups in total. The lowest BCUT2D eigenvalue weighted by atomic mass is 9.84. The third-order valence-corrected chi connectivity index (χ3v) is 12.0. The lowest BCUT2D eigenvalue weighted by molar-refractivity contribution is 0.749. The fraction of sp³-hybridized carbons (Fsp3) is 0.0357. The Bertz CT molecular complexity index is 3130. The largest absolute Gasteiger partial charge is 0.333 e. The maximum Gasteiger partial charge on any atom is 0.0626 e. The molecule has 0 amide bonds. The maximum atomic E-state index is 2.57. The molecule has 1 heterocycles. The van der Waals surface area contributed by atoms with E-state index in [1.165, 1.54) is 99.0 Å². The van der Waals surface area contributed by atoms with Crippen LogP contribution in [0.4, 0.5) is 5.69 Å². The van der Waals surface area contributed by atoms with E-state index in [9.17, 15) is 0 Å². The predicted octanol–water partition coefficient (Wildman–Crippen LogP) is 15.3. The molecule has 10 aromatic rings. The zero-order valence-corrected chi connectivity index (χ0v) is 31.5. The quantitative estimate of drug-likeness (QED) is 0.154. The van der Waals surface area contributed by atoms with Gasteiger partial charge in [-0.1, -0.05) is 206 Å². The molecular formula is C56H39N. The van der Waals surface area contributed by atoms with Gasteiger partial charge < -0.3 is 4.90 Å². The lowest BCUT2D eigenvalue weighted by Gasteiger charge is -2.31. The molecule has 1 atom stereocenters. The van der Waals surface area contributed by atoms with Gasteiger partial charge in [0.15, 0.2) is 0 Å². The Morgan fingerprint density at radius 1 is 0.351 bits per heavy atom. The highest BCUT2D eigenvalue weighted by atomic mass is 15.2. The van der Waals surface area contributed by atoms with E-state index in [4.69, 9.17) is 0 Å². The summed E-state index contributed by atoms with van der Waals surface area (Å²) in [5.41, 5.74) is 12.5. The Morgan fingerprint density at radius 3 is 1.58 bits per heavy atom. The monoisotopic (exact) mass is 725 g/mol. The standard InChI is InChI=1S/C56H39N/c1-3-17-41(18-4-1)53-35-36-54(42-19-5-2-6-20-42)57(53)44-33-34-51-52(37-44)55(43-31-29-40(30-32-43)46-27-13-21-38-15-7-9-23-45(38)46)49-25-11-12-26-50(49)56(51)48-28-14-22-39-16-8-10-24-47(39)48/h1-35,37,54H,36H2. The number of anilines is 1. The fourth-order valence-electron chi connectivity index (χ4n) is 9.39. The molecule has 0 saturated heterocycles. The van der Waals surface area contributed by atoms with Gasteiger partial charge in [-0.3, -0.25) is 0 Å². The van der Waals surface area contributed by atoms with Gasteiger partial charge in [0.2, 0.25) is 0 Å². The van der Waals surface area contributed by atoms with Gasteiger partial charge in [0.05, 0.1) is 6.04 Å². The Hall–Kier alpha value is -7.22. The Labute approximate surface area is 333 Å². The number of fused-ring (bicyclic) bond motifs is 4. The summed E-state index contributed by atoms with van der Waals surface area (Å²) in [4.78, 5) is 2.57. The third-order valence-electron chi connectivity index (χ3n) is 12.0. The Balaban J connectivity index is 1.18. The van der Waals surface area contributed by atoms with Gasteiger partial charge in [0.1, 0.15) is 0 Å². The zero-order valence-electron chi connectivity index (χ0n) is 31.5. The van der Waals surface area contributed by atoms with Gasteiger partial charge >= 0.3 is 0 Å². The Morgan fingerprint density at radius 2 is 0.877 bits per heavy atom. The fourth-order valence-corrected chi connectivity index (χ4v) is 9.39. The summed E-state index contributed by atoms with van der Waals surface area (Å²) in [5, 5.41) is 10.1. The van der Waals surface area contributed by atoms with Crippen LogP contribution in [0.25, 0.3) is 82.2 Å². The average molecular weight is 726 g/mol. The topological polar surface area (TPSA) is 3.24 Å². The van der Waals surface area contributed by atoms with Crippen LogP contribution in [0, 0.1) is 0 Å². The second kappa shape index (κ2) is 13.8. The normalized spacial score (nSPS) is 14.1. The van der Waals surface area contributed by atoms with Crippen LogP contribution < -0.4 is 4.90 Å².